The Morgan fingerprint density at radius 2 is 2.11 bits per heavy atom. The van der Waals surface area contributed by atoms with E-state index in [-0.39, 0.29) is 17.0 Å². The van der Waals surface area contributed by atoms with E-state index in [9.17, 15) is 8.42 Å². The SMILES string of the molecule is CC1CNC(c2cc3ccccc3o2)CS1(=O)=O. The molecule has 3 rings (SSSR count). The van der Waals surface area contributed by atoms with E-state index in [0.717, 1.165) is 11.0 Å². The Bertz CT molecular complexity index is 641. The van der Waals surface area contributed by atoms with Gasteiger partial charge in [-0.15, -0.1) is 0 Å². The summed E-state index contributed by atoms with van der Waals surface area (Å²) in [6, 6.07) is 9.37. The molecule has 0 aliphatic carbocycles. The first-order chi connectivity index (χ1) is 8.56. The van der Waals surface area contributed by atoms with Crippen LogP contribution in [0.2, 0.25) is 0 Å². The van der Waals surface area contributed by atoms with Gasteiger partial charge in [0.1, 0.15) is 11.3 Å². The average Bonchev–Trinajstić information content (AvgIpc) is 2.76. The molecule has 1 saturated heterocycles. The van der Waals surface area contributed by atoms with E-state index in [4.69, 9.17) is 4.42 Å². The first-order valence-corrected chi connectivity index (χ1v) is 7.71. The van der Waals surface area contributed by atoms with Gasteiger partial charge >= 0.3 is 0 Å². The van der Waals surface area contributed by atoms with Gasteiger partial charge < -0.3 is 9.73 Å². The van der Waals surface area contributed by atoms with Gasteiger partial charge in [0.05, 0.1) is 17.0 Å². The molecule has 1 aromatic heterocycles. The average molecular weight is 265 g/mol. The number of hydrogen-bond donors (Lipinski definition) is 1. The number of furan rings is 1. The molecule has 1 aliphatic rings. The molecule has 1 aromatic carbocycles. The van der Waals surface area contributed by atoms with Crippen LogP contribution in [0.4, 0.5) is 0 Å². The van der Waals surface area contributed by atoms with Crippen molar-refractivity contribution in [3.63, 3.8) is 0 Å². The summed E-state index contributed by atoms with van der Waals surface area (Å²) >= 11 is 0. The van der Waals surface area contributed by atoms with Crippen LogP contribution in [0.3, 0.4) is 0 Å². The van der Waals surface area contributed by atoms with Gasteiger partial charge in [0.25, 0.3) is 0 Å². The van der Waals surface area contributed by atoms with Crippen LogP contribution >= 0.6 is 0 Å². The maximum atomic E-state index is 11.9. The molecule has 18 heavy (non-hydrogen) atoms. The smallest absolute Gasteiger partial charge is 0.156 e. The molecule has 0 amide bonds. The van der Waals surface area contributed by atoms with Crippen LogP contribution in [0, 0.1) is 0 Å². The highest BCUT2D eigenvalue weighted by atomic mass is 32.2. The van der Waals surface area contributed by atoms with E-state index in [1.54, 1.807) is 6.92 Å². The van der Waals surface area contributed by atoms with Crippen molar-refractivity contribution in [1.82, 2.24) is 5.32 Å². The molecule has 2 aromatic rings. The minimum absolute atomic E-state index is 0.105. The Hall–Kier alpha value is -1.33. The molecule has 0 bridgehead atoms. The van der Waals surface area contributed by atoms with E-state index in [1.165, 1.54) is 0 Å². The standard InChI is InChI=1S/C13H15NO3S/c1-9-7-14-11(8-18(9,15)16)13-6-10-4-2-3-5-12(10)17-13/h2-6,9,11,14H,7-8H2,1H3. The van der Waals surface area contributed by atoms with Crippen molar-refractivity contribution < 1.29 is 12.8 Å². The highest BCUT2D eigenvalue weighted by Crippen LogP contribution is 2.27. The number of benzene rings is 1. The number of fused-ring (bicyclic) bond motifs is 1. The summed E-state index contributed by atoms with van der Waals surface area (Å²) < 4.78 is 29.5. The molecule has 0 spiro atoms. The van der Waals surface area contributed by atoms with Crippen molar-refractivity contribution in [3.05, 3.63) is 36.1 Å². The highest BCUT2D eigenvalue weighted by Gasteiger charge is 2.33. The first kappa shape index (κ1) is 11.7. The Balaban J connectivity index is 1.96. The second-order valence-corrected chi connectivity index (χ2v) is 7.25. The molecule has 5 heteroatoms. The van der Waals surface area contributed by atoms with Gasteiger partial charge in [-0.25, -0.2) is 8.42 Å². The third-order valence-corrected chi connectivity index (χ3v) is 5.64. The fourth-order valence-corrected chi connectivity index (χ4v) is 3.67. The van der Waals surface area contributed by atoms with Crippen molar-refractivity contribution in [2.45, 2.75) is 18.2 Å². The van der Waals surface area contributed by atoms with Gasteiger partial charge in [-0.05, 0) is 19.1 Å². The van der Waals surface area contributed by atoms with Gasteiger partial charge in [0.15, 0.2) is 9.84 Å². The molecule has 2 atom stereocenters. The lowest BCUT2D eigenvalue weighted by atomic mass is 10.2. The van der Waals surface area contributed by atoms with Crippen LogP contribution in [0.1, 0.15) is 18.7 Å². The maximum absolute atomic E-state index is 11.9. The molecule has 0 radical (unpaired) electrons. The van der Waals surface area contributed by atoms with Crippen LogP contribution in [-0.4, -0.2) is 26.0 Å². The molecule has 2 unspecified atom stereocenters. The van der Waals surface area contributed by atoms with Crippen LogP contribution in [-0.2, 0) is 9.84 Å². The quantitative estimate of drug-likeness (QED) is 0.855. The van der Waals surface area contributed by atoms with Crippen molar-refractivity contribution >= 4 is 20.8 Å². The Kier molecular flexibility index (Phi) is 2.68. The Morgan fingerprint density at radius 1 is 1.33 bits per heavy atom. The van der Waals surface area contributed by atoms with Crippen LogP contribution < -0.4 is 5.32 Å². The lowest BCUT2D eigenvalue weighted by Gasteiger charge is -2.26. The fraction of sp³-hybridized carbons (Fsp3) is 0.385. The number of rotatable bonds is 1. The largest absolute Gasteiger partial charge is 0.459 e. The molecule has 4 nitrogen and oxygen atoms in total. The highest BCUT2D eigenvalue weighted by molar-refractivity contribution is 7.92. The summed E-state index contributed by atoms with van der Waals surface area (Å²) in [7, 11) is -3.02. The summed E-state index contributed by atoms with van der Waals surface area (Å²) in [6.07, 6.45) is 0. The monoisotopic (exact) mass is 265 g/mol. The molecule has 1 fully saturated rings. The Morgan fingerprint density at radius 3 is 2.83 bits per heavy atom. The number of hydrogen-bond acceptors (Lipinski definition) is 4. The molecular formula is C13H15NO3S. The van der Waals surface area contributed by atoms with Gasteiger partial charge in [0, 0.05) is 11.9 Å². The van der Waals surface area contributed by atoms with Crippen molar-refractivity contribution in [2.24, 2.45) is 0 Å². The van der Waals surface area contributed by atoms with E-state index >= 15 is 0 Å². The zero-order valence-corrected chi connectivity index (χ0v) is 10.9. The van der Waals surface area contributed by atoms with Crippen molar-refractivity contribution in [2.75, 3.05) is 12.3 Å². The zero-order valence-electron chi connectivity index (χ0n) is 10.1. The summed E-state index contributed by atoms with van der Waals surface area (Å²) in [5, 5.41) is 3.91. The normalized spacial score (nSPS) is 27.4. The molecular weight excluding hydrogens is 250 g/mol. The predicted octanol–water partition coefficient (Wildman–Crippen LogP) is 1.88. The number of sulfone groups is 1. The predicted molar refractivity (Wildman–Crippen MR) is 70.2 cm³/mol. The van der Waals surface area contributed by atoms with Gasteiger partial charge in [-0.3, -0.25) is 0 Å². The molecule has 2 heterocycles. The minimum Gasteiger partial charge on any atom is -0.459 e. The van der Waals surface area contributed by atoms with Crippen LogP contribution in [0.15, 0.2) is 34.7 Å². The lowest BCUT2D eigenvalue weighted by Crippen LogP contribution is -2.44. The van der Waals surface area contributed by atoms with Gasteiger partial charge in [0.2, 0.25) is 0 Å². The fourth-order valence-electron chi connectivity index (χ4n) is 2.25. The van der Waals surface area contributed by atoms with Crippen molar-refractivity contribution in [3.8, 4) is 0 Å². The molecule has 96 valence electrons. The molecule has 1 aliphatic heterocycles. The number of para-hydroxylation sites is 1. The van der Waals surface area contributed by atoms with Crippen molar-refractivity contribution in [1.29, 1.82) is 0 Å². The van der Waals surface area contributed by atoms with Gasteiger partial charge in [-0.1, -0.05) is 18.2 Å². The van der Waals surface area contributed by atoms with E-state index in [2.05, 4.69) is 5.32 Å². The third kappa shape index (κ3) is 1.93. The van der Waals surface area contributed by atoms with Crippen LogP contribution in [0.25, 0.3) is 11.0 Å². The van der Waals surface area contributed by atoms with Crippen LogP contribution in [0.5, 0.6) is 0 Å². The van der Waals surface area contributed by atoms with E-state index in [0.29, 0.717) is 12.3 Å². The molecule has 1 N–H and O–H groups in total. The third-order valence-electron chi connectivity index (χ3n) is 3.45. The molecule has 0 saturated carbocycles. The second-order valence-electron chi connectivity index (χ2n) is 4.79. The zero-order chi connectivity index (χ0) is 12.8. The Labute approximate surface area is 106 Å². The van der Waals surface area contributed by atoms with E-state index < -0.39 is 9.84 Å². The topological polar surface area (TPSA) is 59.3 Å². The summed E-state index contributed by atoms with van der Waals surface area (Å²) in [6.45, 7) is 2.21. The number of nitrogens with one attached hydrogen (secondary N) is 1. The summed E-state index contributed by atoms with van der Waals surface area (Å²) in [5.74, 6) is 0.806. The minimum atomic E-state index is -3.02. The maximum Gasteiger partial charge on any atom is 0.156 e. The van der Waals surface area contributed by atoms with E-state index in [1.807, 2.05) is 30.3 Å². The second kappa shape index (κ2) is 4.10. The summed E-state index contributed by atoms with van der Waals surface area (Å²) in [4.78, 5) is 0. The van der Waals surface area contributed by atoms with Gasteiger partial charge in [-0.2, -0.15) is 0 Å². The summed E-state index contributed by atoms with van der Waals surface area (Å²) in [5.41, 5.74) is 0.797. The lowest BCUT2D eigenvalue weighted by molar-refractivity contribution is 0.431. The first-order valence-electron chi connectivity index (χ1n) is 6.00.